The van der Waals surface area contributed by atoms with Crippen LogP contribution in [-0.4, -0.2) is 29.3 Å². The van der Waals surface area contributed by atoms with Gasteiger partial charge in [-0.25, -0.2) is 0 Å². The number of carbonyl (C=O) groups excluding carboxylic acids is 2. The van der Waals surface area contributed by atoms with E-state index in [0.29, 0.717) is 19.4 Å². The van der Waals surface area contributed by atoms with E-state index in [1.54, 1.807) is 4.90 Å². The largest absolute Gasteiger partial charge is 0.368 e. The Kier molecular flexibility index (Phi) is 8.17. The molecule has 32 heavy (non-hydrogen) atoms. The highest BCUT2D eigenvalue weighted by Crippen LogP contribution is 2.33. The zero-order valence-corrected chi connectivity index (χ0v) is 18.4. The normalized spacial score (nSPS) is 12.8. The van der Waals surface area contributed by atoms with E-state index in [1.807, 2.05) is 97.9 Å². The first-order chi connectivity index (χ1) is 15.5. The van der Waals surface area contributed by atoms with Crippen LogP contribution in [0.1, 0.15) is 48.4 Å². The summed E-state index contributed by atoms with van der Waals surface area (Å²) in [5, 5.41) is 0. The molecule has 0 spiro atoms. The van der Waals surface area contributed by atoms with Gasteiger partial charge >= 0.3 is 0 Å². The summed E-state index contributed by atoms with van der Waals surface area (Å²) in [4.78, 5) is 28.5. The van der Waals surface area contributed by atoms with Gasteiger partial charge in [-0.1, -0.05) is 91.0 Å². The molecule has 0 fully saturated rings. The van der Waals surface area contributed by atoms with Crippen LogP contribution in [0.2, 0.25) is 0 Å². The SMILES string of the molecule is C[C@@H](c1ccccc1)N(C(=O)C(c1ccccc1)c1ccccc1)[C@H](CCCN)C(N)=O. The number of hydrogen-bond acceptors (Lipinski definition) is 3. The van der Waals surface area contributed by atoms with E-state index in [1.165, 1.54) is 0 Å². The number of hydrogen-bond donors (Lipinski definition) is 2. The maximum Gasteiger partial charge on any atom is 0.240 e. The van der Waals surface area contributed by atoms with Crippen LogP contribution >= 0.6 is 0 Å². The van der Waals surface area contributed by atoms with Crippen molar-refractivity contribution in [2.24, 2.45) is 11.5 Å². The van der Waals surface area contributed by atoms with E-state index < -0.39 is 17.9 Å². The van der Waals surface area contributed by atoms with Crippen LogP contribution in [0.4, 0.5) is 0 Å². The zero-order chi connectivity index (χ0) is 22.9. The third-order valence-corrected chi connectivity index (χ3v) is 5.81. The highest BCUT2D eigenvalue weighted by atomic mass is 16.2. The van der Waals surface area contributed by atoms with Crippen molar-refractivity contribution in [1.29, 1.82) is 0 Å². The Labute approximate surface area is 190 Å². The Bertz CT molecular complexity index is 954. The fourth-order valence-electron chi connectivity index (χ4n) is 4.15. The maximum absolute atomic E-state index is 14.3. The van der Waals surface area contributed by atoms with Gasteiger partial charge in [0.15, 0.2) is 0 Å². The number of nitrogens with zero attached hydrogens (tertiary/aromatic N) is 1. The molecule has 5 nitrogen and oxygen atoms in total. The van der Waals surface area contributed by atoms with Gasteiger partial charge in [0.1, 0.15) is 6.04 Å². The minimum absolute atomic E-state index is 0.153. The smallest absolute Gasteiger partial charge is 0.240 e. The molecule has 166 valence electrons. The van der Waals surface area contributed by atoms with Crippen molar-refractivity contribution in [2.75, 3.05) is 6.54 Å². The summed E-state index contributed by atoms with van der Waals surface area (Å²) in [5.74, 6) is -1.22. The van der Waals surface area contributed by atoms with Gasteiger partial charge in [0.2, 0.25) is 11.8 Å². The van der Waals surface area contributed by atoms with Crippen molar-refractivity contribution in [3.8, 4) is 0 Å². The number of benzene rings is 3. The second-order valence-corrected chi connectivity index (χ2v) is 7.94. The molecule has 0 saturated heterocycles. The van der Waals surface area contributed by atoms with Crippen molar-refractivity contribution in [1.82, 2.24) is 4.90 Å². The standard InChI is InChI=1S/C27H31N3O2/c1-20(21-12-5-2-6-13-21)30(24(26(29)31)18-11-19-28)27(32)25(22-14-7-3-8-15-22)23-16-9-4-10-17-23/h2-10,12-17,20,24-25H,11,18-19,28H2,1H3,(H2,29,31)/t20-,24+/m0/s1. The van der Waals surface area contributed by atoms with Gasteiger partial charge in [-0.3, -0.25) is 9.59 Å². The first kappa shape index (κ1) is 23.2. The highest BCUT2D eigenvalue weighted by Gasteiger charge is 2.37. The predicted molar refractivity (Wildman–Crippen MR) is 128 cm³/mol. The molecule has 0 aliphatic heterocycles. The number of rotatable bonds is 10. The van der Waals surface area contributed by atoms with E-state index in [2.05, 4.69) is 0 Å². The number of amides is 2. The second-order valence-electron chi connectivity index (χ2n) is 7.94. The van der Waals surface area contributed by atoms with Crippen LogP contribution in [0.3, 0.4) is 0 Å². The fraction of sp³-hybridized carbons (Fsp3) is 0.259. The Morgan fingerprint density at radius 1 is 0.781 bits per heavy atom. The number of carbonyl (C=O) groups is 2. The van der Waals surface area contributed by atoms with Crippen LogP contribution < -0.4 is 11.5 Å². The van der Waals surface area contributed by atoms with E-state index in [-0.39, 0.29) is 11.9 Å². The lowest BCUT2D eigenvalue weighted by molar-refractivity contribution is -0.142. The number of primary amides is 1. The highest BCUT2D eigenvalue weighted by molar-refractivity contribution is 5.92. The van der Waals surface area contributed by atoms with Crippen LogP contribution in [-0.2, 0) is 9.59 Å². The molecule has 3 aromatic carbocycles. The van der Waals surface area contributed by atoms with Crippen LogP contribution in [0, 0.1) is 0 Å². The lowest BCUT2D eigenvalue weighted by Crippen LogP contribution is -2.50. The molecule has 3 aromatic rings. The van der Waals surface area contributed by atoms with Crippen molar-refractivity contribution < 1.29 is 9.59 Å². The van der Waals surface area contributed by atoms with Gasteiger partial charge in [0, 0.05) is 0 Å². The van der Waals surface area contributed by atoms with E-state index >= 15 is 0 Å². The molecule has 5 heteroatoms. The molecule has 3 rings (SSSR count). The summed E-state index contributed by atoms with van der Waals surface area (Å²) in [6.45, 7) is 2.37. The van der Waals surface area contributed by atoms with Gasteiger partial charge in [-0.2, -0.15) is 0 Å². The van der Waals surface area contributed by atoms with E-state index in [4.69, 9.17) is 11.5 Å². The molecule has 0 aliphatic carbocycles. The molecule has 0 heterocycles. The molecular weight excluding hydrogens is 398 g/mol. The summed E-state index contributed by atoms with van der Waals surface area (Å²) in [6, 6.07) is 27.9. The quantitative estimate of drug-likeness (QED) is 0.510. The van der Waals surface area contributed by atoms with Gasteiger partial charge in [-0.05, 0) is 43.0 Å². The van der Waals surface area contributed by atoms with Crippen molar-refractivity contribution in [3.05, 3.63) is 108 Å². The van der Waals surface area contributed by atoms with E-state index in [9.17, 15) is 9.59 Å². The molecule has 4 N–H and O–H groups in total. The molecule has 2 amide bonds. The molecular formula is C27H31N3O2. The Balaban J connectivity index is 2.12. The topological polar surface area (TPSA) is 89.4 Å². The van der Waals surface area contributed by atoms with E-state index in [0.717, 1.165) is 16.7 Å². The molecule has 0 aromatic heterocycles. The van der Waals surface area contributed by atoms with Crippen molar-refractivity contribution in [3.63, 3.8) is 0 Å². The third kappa shape index (κ3) is 5.42. The monoisotopic (exact) mass is 429 g/mol. The first-order valence-electron chi connectivity index (χ1n) is 11.0. The summed E-state index contributed by atoms with van der Waals surface area (Å²) in [7, 11) is 0. The van der Waals surface area contributed by atoms with Crippen LogP contribution in [0.25, 0.3) is 0 Å². The zero-order valence-electron chi connectivity index (χ0n) is 18.4. The summed E-state index contributed by atoms with van der Waals surface area (Å²) >= 11 is 0. The third-order valence-electron chi connectivity index (χ3n) is 5.81. The fourth-order valence-corrected chi connectivity index (χ4v) is 4.15. The van der Waals surface area contributed by atoms with Gasteiger partial charge in [0.25, 0.3) is 0 Å². The Morgan fingerprint density at radius 2 is 1.22 bits per heavy atom. The molecule has 0 saturated carbocycles. The maximum atomic E-state index is 14.3. The van der Waals surface area contributed by atoms with Gasteiger partial charge < -0.3 is 16.4 Å². The van der Waals surface area contributed by atoms with Crippen molar-refractivity contribution in [2.45, 2.75) is 37.8 Å². The average molecular weight is 430 g/mol. The minimum atomic E-state index is -0.754. The van der Waals surface area contributed by atoms with Gasteiger partial charge in [0.05, 0.1) is 12.0 Å². The van der Waals surface area contributed by atoms with Crippen LogP contribution in [0.15, 0.2) is 91.0 Å². The molecule has 2 atom stereocenters. The molecule has 0 radical (unpaired) electrons. The van der Waals surface area contributed by atoms with Crippen molar-refractivity contribution >= 4 is 11.8 Å². The summed E-state index contributed by atoms with van der Waals surface area (Å²) in [5.41, 5.74) is 14.2. The minimum Gasteiger partial charge on any atom is -0.368 e. The Morgan fingerprint density at radius 3 is 1.62 bits per heavy atom. The van der Waals surface area contributed by atoms with Crippen LogP contribution in [0.5, 0.6) is 0 Å². The lowest BCUT2D eigenvalue weighted by atomic mass is 9.88. The molecule has 0 unspecified atom stereocenters. The molecule has 0 bridgehead atoms. The molecule has 0 aliphatic rings. The first-order valence-corrected chi connectivity index (χ1v) is 11.0. The predicted octanol–water partition coefficient (Wildman–Crippen LogP) is 4.00. The summed E-state index contributed by atoms with van der Waals surface area (Å²) in [6.07, 6.45) is 1.02. The lowest BCUT2D eigenvalue weighted by Gasteiger charge is -2.38. The van der Waals surface area contributed by atoms with Gasteiger partial charge in [-0.15, -0.1) is 0 Å². The average Bonchev–Trinajstić information content (AvgIpc) is 2.83. The summed E-state index contributed by atoms with van der Waals surface area (Å²) < 4.78 is 0. The Hall–Kier alpha value is -3.44. The number of nitrogens with two attached hydrogens (primary N) is 2. The second kappa shape index (κ2) is 11.3.